The SMILES string of the molecule is C[C@@H](C(=O)NC1CCCC1)N1CCN(S(=O)(=O)c2ccccc2)CC1. The topological polar surface area (TPSA) is 69.7 Å². The summed E-state index contributed by atoms with van der Waals surface area (Å²) in [4.78, 5) is 14.8. The van der Waals surface area contributed by atoms with Gasteiger partial charge in [-0.25, -0.2) is 8.42 Å². The van der Waals surface area contributed by atoms with Crippen LogP contribution in [-0.2, 0) is 14.8 Å². The Labute approximate surface area is 150 Å². The lowest BCUT2D eigenvalue weighted by Crippen LogP contribution is -2.55. The molecule has 1 amide bonds. The summed E-state index contributed by atoms with van der Waals surface area (Å²) in [7, 11) is -3.44. The minimum absolute atomic E-state index is 0.0614. The van der Waals surface area contributed by atoms with Gasteiger partial charge in [-0.2, -0.15) is 4.31 Å². The van der Waals surface area contributed by atoms with Gasteiger partial charge >= 0.3 is 0 Å². The zero-order chi connectivity index (χ0) is 17.9. The highest BCUT2D eigenvalue weighted by molar-refractivity contribution is 7.89. The van der Waals surface area contributed by atoms with E-state index in [9.17, 15) is 13.2 Å². The summed E-state index contributed by atoms with van der Waals surface area (Å²) >= 11 is 0. The first-order chi connectivity index (χ1) is 12.0. The Morgan fingerprint density at radius 1 is 1.08 bits per heavy atom. The average molecular weight is 365 g/mol. The normalized spacial score (nSPS) is 22.0. The molecule has 138 valence electrons. The lowest BCUT2D eigenvalue weighted by atomic mass is 10.2. The Morgan fingerprint density at radius 3 is 2.28 bits per heavy atom. The minimum Gasteiger partial charge on any atom is -0.352 e. The van der Waals surface area contributed by atoms with E-state index >= 15 is 0 Å². The molecule has 1 heterocycles. The molecule has 1 N–H and O–H groups in total. The molecule has 0 aromatic heterocycles. The van der Waals surface area contributed by atoms with Crippen LogP contribution in [0.25, 0.3) is 0 Å². The third-order valence-electron chi connectivity index (χ3n) is 5.28. The molecule has 6 nitrogen and oxygen atoms in total. The number of piperazine rings is 1. The third-order valence-corrected chi connectivity index (χ3v) is 7.20. The molecule has 1 aromatic carbocycles. The smallest absolute Gasteiger partial charge is 0.243 e. The summed E-state index contributed by atoms with van der Waals surface area (Å²) in [6.07, 6.45) is 4.52. The van der Waals surface area contributed by atoms with Crippen molar-refractivity contribution in [3.8, 4) is 0 Å². The van der Waals surface area contributed by atoms with E-state index in [1.807, 2.05) is 13.0 Å². The van der Waals surface area contributed by atoms with Crippen LogP contribution >= 0.6 is 0 Å². The maximum Gasteiger partial charge on any atom is 0.243 e. The zero-order valence-electron chi connectivity index (χ0n) is 14.7. The molecule has 25 heavy (non-hydrogen) atoms. The van der Waals surface area contributed by atoms with Gasteiger partial charge in [0.15, 0.2) is 0 Å². The summed E-state index contributed by atoms with van der Waals surface area (Å²) in [5.41, 5.74) is 0. The molecule has 1 aliphatic carbocycles. The van der Waals surface area contributed by atoms with Gasteiger partial charge in [-0.3, -0.25) is 9.69 Å². The zero-order valence-corrected chi connectivity index (χ0v) is 15.5. The van der Waals surface area contributed by atoms with Crippen LogP contribution in [-0.4, -0.2) is 61.8 Å². The molecular formula is C18H27N3O3S. The molecule has 0 spiro atoms. The Balaban J connectivity index is 1.55. The standard InChI is InChI=1S/C18H27N3O3S/c1-15(18(22)19-16-7-5-6-8-16)20-11-13-21(14-12-20)25(23,24)17-9-3-2-4-10-17/h2-4,9-10,15-16H,5-8,11-14H2,1H3,(H,19,22)/t15-/m0/s1. The highest BCUT2D eigenvalue weighted by Gasteiger charge is 2.32. The van der Waals surface area contributed by atoms with Crippen LogP contribution < -0.4 is 5.32 Å². The number of sulfonamides is 1. The number of carbonyl (C=O) groups excluding carboxylic acids is 1. The van der Waals surface area contributed by atoms with Crippen molar-refractivity contribution >= 4 is 15.9 Å². The highest BCUT2D eigenvalue weighted by atomic mass is 32.2. The van der Waals surface area contributed by atoms with Crippen LogP contribution in [0.15, 0.2) is 35.2 Å². The van der Waals surface area contributed by atoms with Crippen molar-refractivity contribution in [3.05, 3.63) is 30.3 Å². The number of amides is 1. The van der Waals surface area contributed by atoms with E-state index in [0.717, 1.165) is 12.8 Å². The molecule has 1 aliphatic heterocycles. The van der Waals surface area contributed by atoms with Gasteiger partial charge in [0.1, 0.15) is 0 Å². The van der Waals surface area contributed by atoms with Crippen molar-refractivity contribution in [3.63, 3.8) is 0 Å². The van der Waals surface area contributed by atoms with Gasteiger partial charge in [0.05, 0.1) is 10.9 Å². The van der Waals surface area contributed by atoms with Crippen LogP contribution in [0.2, 0.25) is 0 Å². The van der Waals surface area contributed by atoms with Gasteiger partial charge in [0.25, 0.3) is 0 Å². The number of hydrogen-bond acceptors (Lipinski definition) is 4. The van der Waals surface area contributed by atoms with E-state index in [1.165, 1.54) is 17.1 Å². The third kappa shape index (κ3) is 4.22. The van der Waals surface area contributed by atoms with E-state index in [-0.39, 0.29) is 11.9 Å². The van der Waals surface area contributed by atoms with E-state index in [2.05, 4.69) is 10.2 Å². The average Bonchev–Trinajstić information content (AvgIpc) is 3.15. The summed E-state index contributed by atoms with van der Waals surface area (Å²) in [5.74, 6) is 0.0614. The molecule has 0 bridgehead atoms. The highest BCUT2D eigenvalue weighted by Crippen LogP contribution is 2.20. The summed E-state index contributed by atoms with van der Waals surface area (Å²) < 4.78 is 26.8. The fourth-order valence-corrected chi connectivity index (χ4v) is 5.07. The first-order valence-electron chi connectivity index (χ1n) is 9.08. The molecule has 3 rings (SSSR count). The van der Waals surface area contributed by atoms with E-state index < -0.39 is 10.0 Å². The van der Waals surface area contributed by atoms with Gasteiger partial charge in [0, 0.05) is 32.2 Å². The van der Waals surface area contributed by atoms with E-state index in [4.69, 9.17) is 0 Å². The van der Waals surface area contributed by atoms with Crippen molar-refractivity contribution in [2.24, 2.45) is 0 Å². The van der Waals surface area contributed by atoms with Crippen molar-refractivity contribution < 1.29 is 13.2 Å². The summed E-state index contributed by atoms with van der Waals surface area (Å²) in [5, 5.41) is 3.13. The lowest BCUT2D eigenvalue weighted by molar-refractivity contribution is -0.127. The van der Waals surface area contributed by atoms with Gasteiger partial charge in [-0.15, -0.1) is 0 Å². The van der Waals surface area contributed by atoms with Gasteiger partial charge in [-0.05, 0) is 31.9 Å². The van der Waals surface area contributed by atoms with Crippen molar-refractivity contribution in [2.45, 2.75) is 49.6 Å². The number of rotatable bonds is 5. The molecule has 1 aromatic rings. The van der Waals surface area contributed by atoms with Gasteiger partial charge in [-0.1, -0.05) is 31.0 Å². The first kappa shape index (κ1) is 18.4. The second kappa shape index (κ2) is 7.85. The van der Waals surface area contributed by atoms with Crippen LogP contribution in [0, 0.1) is 0 Å². The Morgan fingerprint density at radius 2 is 1.68 bits per heavy atom. The Hall–Kier alpha value is -1.44. The molecule has 2 aliphatic rings. The minimum atomic E-state index is -3.44. The molecule has 2 fully saturated rings. The van der Waals surface area contributed by atoms with Crippen LogP contribution in [0.5, 0.6) is 0 Å². The van der Waals surface area contributed by atoms with E-state index in [1.54, 1.807) is 24.3 Å². The summed E-state index contributed by atoms with van der Waals surface area (Å²) in [6.45, 7) is 3.89. The van der Waals surface area contributed by atoms with Crippen LogP contribution in [0.3, 0.4) is 0 Å². The van der Waals surface area contributed by atoms with Crippen LogP contribution in [0.1, 0.15) is 32.6 Å². The molecule has 0 radical (unpaired) electrons. The molecule has 7 heteroatoms. The second-order valence-electron chi connectivity index (χ2n) is 6.92. The fraction of sp³-hybridized carbons (Fsp3) is 0.611. The molecular weight excluding hydrogens is 338 g/mol. The quantitative estimate of drug-likeness (QED) is 0.857. The number of nitrogens with one attached hydrogen (secondary N) is 1. The number of carbonyl (C=O) groups is 1. The maximum absolute atomic E-state index is 12.7. The predicted octanol–water partition coefficient (Wildman–Crippen LogP) is 1.44. The second-order valence-corrected chi connectivity index (χ2v) is 8.86. The largest absolute Gasteiger partial charge is 0.352 e. The maximum atomic E-state index is 12.7. The summed E-state index contributed by atoms with van der Waals surface area (Å²) in [6, 6.07) is 8.62. The number of benzene rings is 1. The molecule has 1 saturated carbocycles. The Kier molecular flexibility index (Phi) is 5.76. The first-order valence-corrected chi connectivity index (χ1v) is 10.5. The van der Waals surface area contributed by atoms with Gasteiger partial charge < -0.3 is 5.32 Å². The van der Waals surface area contributed by atoms with Gasteiger partial charge in [0.2, 0.25) is 15.9 Å². The Bertz CT molecular complexity index is 679. The van der Waals surface area contributed by atoms with E-state index in [0.29, 0.717) is 37.1 Å². The molecule has 1 atom stereocenters. The van der Waals surface area contributed by atoms with Crippen molar-refractivity contribution in [1.29, 1.82) is 0 Å². The fourth-order valence-electron chi connectivity index (χ4n) is 3.63. The lowest BCUT2D eigenvalue weighted by Gasteiger charge is -2.37. The van der Waals surface area contributed by atoms with Crippen molar-refractivity contribution in [1.82, 2.24) is 14.5 Å². The predicted molar refractivity (Wildman–Crippen MR) is 96.6 cm³/mol. The van der Waals surface area contributed by atoms with Crippen LogP contribution in [0.4, 0.5) is 0 Å². The molecule has 1 saturated heterocycles. The number of hydrogen-bond donors (Lipinski definition) is 1. The van der Waals surface area contributed by atoms with Crippen molar-refractivity contribution in [2.75, 3.05) is 26.2 Å². The molecule has 0 unspecified atom stereocenters. The number of nitrogens with zero attached hydrogens (tertiary/aromatic N) is 2. The monoisotopic (exact) mass is 365 g/mol.